The molecule has 1 aromatic rings. The molecule has 2 N–H and O–H groups in total. The summed E-state index contributed by atoms with van der Waals surface area (Å²) in [4.78, 5) is 38.4. The summed E-state index contributed by atoms with van der Waals surface area (Å²) in [6.45, 7) is 7.23. The molecule has 3 amide bonds. The monoisotopic (exact) mass is 387 g/mol. The number of ether oxygens (including phenoxy) is 1. The summed E-state index contributed by atoms with van der Waals surface area (Å²) >= 11 is 0. The highest BCUT2D eigenvalue weighted by atomic mass is 16.6. The fraction of sp³-hybridized carbons (Fsp3) is 0.571. The maximum atomic E-state index is 12.5. The van der Waals surface area contributed by atoms with E-state index in [4.69, 9.17) is 4.74 Å². The number of rotatable bonds is 5. The van der Waals surface area contributed by atoms with Crippen molar-refractivity contribution in [2.75, 3.05) is 25.0 Å². The second kappa shape index (κ2) is 8.63. The number of anilines is 1. The lowest BCUT2D eigenvalue weighted by atomic mass is 10.0. The van der Waals surface area contributed by atoms with Gasteiger partial charge in [-0.25, -0.2) is 4.79 Å². The van der Waals surface area contributed by atoms with Crippen molar-refractivity contribution in [3.05, 3.63) is 29.3 Å². The summed E-state index contributed by atoms with van der Waals surface area (Å²) in [5.74, 6) is -0.672. The van der Waals surface area contributed by atoms with Crippen LogP contribution in [0.25, 0.3) is 0 Å². The third-order valence-corrected chi connectivity index (χ3v) is 5.48. The number of benzene rings is 1. The van der Waals surface area contributed by atoms with Crippen LogP contribution in [0.5, 0.6) is 0 Å². The van der Waals surface area contributed by atoms with Gasteiger partial charge in [-0.1, -0.05) is 12.1 Å². The highest BCUT2D eigenvalue weighted by Gasteiger charge is 2.48. The lowest BCUT2D eigenvalue weighted by molar-refractivity contribution is -0.126. The summed E-state index contributed by atoms with van der Waals surface area (Å²) in [6, 6.07) is 5.97. The molecule has 2 aliphatic rings. The zero-order valence-corrected chi connectivity index (χ0v) is 16.8. The van der Waals surface area contributed by atoms with Crippen molar-refractivity contribution in [1.82, 2.24) is 10.2 Å². The Morgan fingerprint density at radius 2 is 1.79 bits per heavy atom. The van der Waals surface area contributed by atoms with Gasteiger partial charge >= 0.3 is 6.09 Å². The Balaban J connectivity index is 1.44. The number of hydrogen-bond donors (Lipinski definition) is 2. The van der Waals surface area contributed by atoms with Gasteiger partial charge in [0.2, 0.25) is 11.8 Å². The minimum absolute atomic E-state index is 0.0431. The van der Waals surface area contributed by atoms with Gasteiger partial charge in [0.05, 0.1) is 18.4 Å². The number of carbonyl (C=O) groups is 3. The maximum Gasteiger partial charge on any atom is 0.409 e. The molecule has 2 fully saturated rings. The Labute approximate surface area is 165 Å². The molecular weight excluding hydrogens is 358 g/mol. The Morgan fingerprint density at radius 1 is 1.11 bits per heavy atom. The van der Waals surface area contributed by atoms with Gasteiger partial charge in [0, 0.05) is 24.8 Å². The van der Waals surface area contributed by atoms with Gasteiger partial charge in [0.25, 0.3) is 0 Å². The molecular formula is C21H29N3O4. The number of carbonyl (C=O) groups excluding carboxylic acids is 3. The van der Waals surface area contributed by atoms with E-state index in [-0.39, 0.29) is 35.8 Å². The Bertz CT molecular complexity index is 756. The number of nitrogens with one attached hydrogen (secondary N) is 2. The molecule has 1 saturated carbocycles. The van der Waals surface area contributed by atoms with Crippen molar-refractivity contribution in [3.8, 4) is 0 Å². The quantitative estimate of drug-likeness (QED) is 0.813. The molecule has 1 saturated heterocycles. The summed E-state index contributed by atoms with van der Waals surface area (Å²) in [6.07, 6.45) is 1.70. The molecule has 1 aromatic carbocycles. The minimum Gasteiger partial charge on any atom is -0.450 e. The van der Waals surface area contributed by atoms with Crippen LogP contribution < -0.4 is 10.6 Å². The molecule has 2 unspecified atom stereocenters. The summed E-state index contributed by atoms with van der Waals surface area (Å²) < 4.78 is 5.01. The van der Waals surface area contributed by atoms with Crippen molar-refractivity contribution in [2.45, 2.75) is 46.1 Å². The molecule has 1 aliphatic carbocycles. The van der Waals surface area contributed by atoms with E-state index >= 15 is 0 Å². The van der Waals surface area contributed by atoms with E-state index in [9.17, 15) is 14.4 Å². The zero-order valence-electron chi connectivity index (χ0n) is 16.8. The van der Waals surface area contributed by atoms with Crippen molar-refractivity contribution in [2.24, 2.45) is 11.8 Å². The summed E-state index contributed by atoms with van der Waals surface area (Å²) in [7, 11) is 0. The Hall–Kier alpha value is -2.57. The SMILES string of the molecule is CCOC(=O)N1CCC(NC(=O)C2CC2C(=O)Nc2cc(C)ccc2C)CC1. The van der Waals surface area contributed by atoms with Gasteiger partial charge < -0.3 is 20.3 Å². The maximum absolute atomic E-state index is 12.5. The number of nitrogens with zero attached hydrogens (tertiary/aromatic N) is 1. The van der Waals surface area contributed by atoms with E-state index in [0.717, 1.165) is 16.8 Å². The Morgan fingerprint density at radius 3 is 2.46 bits per heavy atom. The molecule has 1 heterocycles. The van der Waals surface area contributed by atoms with Crippen molar-refractivity contribution in [3.63, 3.8) is 0 Å². The number of piperidine rings is 1. The second-order valence-electron chi connectivity index (χ2n) is 7.73. The first kappa shape index (κ1) is 20.2. The van der Waals surface area contributed by atoms with E-state index in [2.05, 4.69) is 10.6 Å². The van der Waals surface area contributed by atoms with Crippen LogP contribution >= 0.6 is 0 Å². The average molecular weight is 387 g/mol. The molecule has 152 valence electrons. The molecule has 0 bridgehead atoms. The van der Waals surface area contributed by atoms with Crippen LogP contribution in [0.1, 0.15) is 37.3 Å². The van der Waals surface area contributed by atoms with Crippen molar-refractivity contribution >= 4 is 23.6 Å². The van der Waals surface area contributed by atoms with Crippen LogP contribution in [0.3, 0.4) is 0 Å². The summed E-state index contributed by atoms with van der Waals surface area (Å²) in [5, 5.41) is 6.00. The highest BCUT2D eigenvalue weighted by Crippen LogP contribution is 2.40. The van der Waals surface area contributed by atoms with Crippen LogP contribution in [-0.2, 0) is 14.3 Å². The van der Waals surface area contributed by atoms with Gasteiger partial charge in [-0.15, -0.1) is 0 Å². The van der Waals surface area contributed by atoms with Crippen LogP contribution in [0.15, 0.2) is 18.2 Å². The fourth-order valence-corrected chi connectivity index (χ4v) is 3.60. The van der Waals surface area contributed by atoms with Crippen molar-refractivity contribution in [1.29, 1.82) is 0 Å². The van der Waals surface area contributed by atoms with Gasteiger partial charge in [-0.2, -0.15) is 0 Å². The Kier molecular flexibility index (Phi) is 6.21. The van der Waals surface area contributed by atoms with E-state index in [1.54, 1.807) is 11.8 Å². The van der Waals surface area contributed by atoms with E-state index < -0.39 is 0 Å². The number of amides is 3. The van der Waals surface area contributed by atoms with Crippen LogP contribution in [-0.4, -0.2) is 48.5 Å². The molecule has 0 aromatic heterocycles. The normalized spacial score (nSPS) is 21.8. The van der Waals surface area contributed by atoms with Crippen LogP contribution in [0.4, 0.5) is 10.5 Å². The van der Waals surface area contributed by atoms with Crippen LogP contribution in [0, 0.1) is 25.7 Å². The number of aryl methyl sites for hydroxylation is 2. The first-order valence-electron chi connectivity index (χ1n) is 9.99. The third kappa shape index (κ3) is 4.82. The summed E-state index contributed by atoms with van der Waals surface area (Å²) in [5.41, 5.74) is 2.90. The predicted molar refractivity (Wildman–Crippen MR) is 106 cm³/mol. The first-order chi connectivity index (χ1) is 13.4. The third-order valence-electron chi connectivity index (χ3n) is 5.48. The molecule has 3 rings (SSSR count). The van der Waals surface area contributed by atoms with Gasteiger partial charge in [-0.3, -0.25) is 9.59 Å². The molecule has 0 spiro atoms. The number of hydrogen-bond acceptors (Lipinski definition) is 4. The molecule has 2 atom stereocenters. The van der Waals surface area contributed by atoms with E-state index in [1.165, 1.54) is 0 Å². The van der Waals surface area contributed by atoms with Gasteiger partial charge in [-0.05, 0) is 57.2 Å². The lowest BCUT2D eigenvalue weighted by Crippen LogP contribution is -2.47. The highest BCUT2D eigenvalue weighted by molar-refractivity contribution is 6.00. The smallest absolute Gasteiger partial charge is 0.409 e. The topological polar surface area (TPSA) is 87.7 Å². The van der Waals surface area contributed by atoms with E-state index in [1.807, 2.05) is 32.0 Å². The van der Waals surface area contributed by atoms with Crippen LogP contribution in [0.2, 0.25) is 0 Å². The molecule has 1 aliphatic heterocycles. The molecule has 0 radical (unpaired) electrons. The van der Waals surface area contributed by atoms with E-state index in [0.29, 0.717) is 39.0 Å². The number of likely N-dealkylation sites (tertiary alicyclic amines) is 1. The van der Waals surface area contributed by atoms with Gasteiger partial charge in [0.15, 0.2) is 0 Å². The molecule has 7 nitrogen and oxygen atoms in total. The first-order valence-corrected chi connectivity index (χ1v) is 9.99. The molecule has 28 heavy (non-hydrogen) atoms. The fourth-order valence-electron chi connectivity index (χ4n) is 3.60. The average Bonchev–Trinajstić information content (AvgIpc) is 3.46. The zero-order chi connectivity index (χ0) is 20.3. The van der Waals surface area contributed by atoms with Gasteiger partial charge in [0.1, 0.15) is 0 Å². The molecule has 7 heteroatoms. The predicted octanol–water partition coefficient (Wildman–Crippen LogP) is 2.62. The largest absolute Gasteiger partial charge is 0.450 e. The minimum atomic E-state index is -0.294. The standard InChI is InChI=1S/C21H29N3O4/c1-4-28-21(27)24-9-7-15(8-10-24)22-19(25)16-12-17(16)20(26)23-18-11-13(2)5-6-14(18)3/h5-6,11,15-17H,4,7-10,12H2,1-3H3,(H,22,25)(H,23,26). The lowest BCUT2D eigenvalue weighted by Gasteiger charge is -2.31. The van der Waals surface area contributed by atoms with Crippen molar-refractivity contribution < 1.29 is 19.1 Å². The second-order valence-corrected chi connectivity index (χ2v) is 7.73.